The smallest absolute Gasteiger partial charge is 0.263 e. The minimum Gasteiger partial charge on any atom is -0.479 e. The molecule has 1 aromatic rings. The van der Waals surface area contributed by atoms with E-state index < -0.39 is 6.10 Å². The number of benzene rings is 1. The van der Waals surface area contributed by atoms with Gasteiger partial charge in [0.2, 0.25) is 0 Å². The Morgan fingerprint density at radius 2 is 2.00 bits per heavy atom. The van der Waals surface area contributed by atoms with Crippen molar-refractivity contribution in [2.75, 3.05) is 13.1 Å². The number of ether oxygens (including phenoxy) is 1. The maximum atomic E-state index is 12.4. The van der Waals surface area contributed by atoms with Crippen LogP contribution in [0.4, 0.5) is 0 Å². The van der Waals surface area contributed by atoms with Crippen molar-refractivity contribution in [3.63, 3.8) is 0 Å². The van der Waals surface area contributed by atoms with E-state index in [9.17, 15) is 4.79 Å². The van der Waals surface area contributed by atoms with E-state index in [0.29, 0.717) is 17.2 Å². The molecule has 4 heteroatoms. The van der Waals surface area contributed by atoms with E-state index in [1.807, 2.05) is 24.0 Å². The zero-order chi connectivity index (χ0) is 13.7. The summed E-state index contributed by atoms with van der Waals surface area (Å²) in [5, 5.41) is 0.549. The molecule has 1 fully saturated rings. The highest BCUT2D eigenvalue weighted by Crippen LogP contribution is 2.25. The largest absolute Gasteiger partial charge is 0.479 e. The Morgan fingerprint density at radius 1 is 1.32 bits per heavy atom. The number of carbonyl (C=O) groups excluding carboxylic acids is 1. The Hall–Kier alpha value is -1.22. The van der Waals surface area contributed by atoms with Crippen molar-refractivity contribution < 1.29 is 9.53 Å². The van der Waals surface area contributed by atoms with Crippen LogP contribution in [0.15, 0.2) is 24.3 Å². The van der Waals surface area contributed by atoms with Crippen LogP contribution in [0.5, 0.6) is 5.75 Å². The van der Waals surface area contributed by atoms with Gasteiger partial charge in [0.1, 0.15) is 5.75 Å². The SMILES string of the molecule is CCC(Oc1ccccc1Cl)C(=O)N1CCCCC1. The summed E-state index contributed by atoms with van der Waals surface area (Å²) in [6.45, 7) is 3.66. The number of amides is 1. The van der Waals surface area contributed by atoms with E-state index in [4.69, 9.17) is 16.3 Å². The first-order chi connectivity index (χ1) is 9.22. The predicted molar refractivity (Wildman–Crippen MR) is 76.6 cm³/mol. The molecule has 1 saturated heterocycles. The van der Waals surface area contributed by atoms with Gasteiger partial charge < -0.3 is 9.64 Å². The van der Waals surface area contributed by atoms with Crippen molar-refractivity contribution in [3.8, 4) is 5.75 Å². The average Bonchev–Trinajstić information content (AvgIpc) is 2.47. The number of nitrogens with zero attached hydrogens (tertiary/aromatic N) is 1. The highest BCUT2D eigenvalue weighted by atomic mass is 35.5. The summed E-state index contributed by atoms with van der Waals surface area (Å²) in [7, 11) is 0. The standard InChI is InChI=1S/C15H20ClNO2/c1-2-13(15(18)17-10-6-3-7-11-17)19-14-9-5-4-8-12(14)16/h4-5,8-9,13H,2-3,6-7,10-11H2,1H3. The Kier molecular flexibility index (Phi) is 5.08. The van der Waals surface area contributed by atoms with Gasteiger partial charge in [0.05, 0.1) is 5.02 Å². The molecule has 0 aromatic heterocycles. The lowest BCUT2D eigenvalue weighted by atomic mass is 10.1. The molecule has 1 aliphatic rings. The van der Waals surface area contributed by atoms with E-state index in [1.165, 1.54) is 6.42 Å². The molecule has 0 N–H and O–H groups in total. The molecule has 3 nitrogen and oxygen atoms in total. The lowest BCUT2D eigenvalue weighted by Gasteiger charge is -2.30. The van der Waals surface area contributed by atoms with Gasteiger partial charge in [-0.25, -0.2) is 0 Å². The zero-order valence-electron chi connectivity index (χ0n) is 11.3. The maximum Gasteiger partial charge on any atom is 0.263 e. The molecular formula is C15H20ClNO2. The van der Waals surface area contributed by atoms with Gasteiger partial charge in [-0.05, 0) is 37.8 Å². The number of hydrogen-bond donors (Lipinski definition) is 0. The van der Waals surface area contributed by atoms with Crippen LogP contribution in [0.1, 0.15) is 32.6 Å². The summed E-state index contributed by atoms with van der Waals surface area (Å²) in [4.78, 5) is 14.3. The average molecular weight is 282 g/mol. The third-order valence-electron chi connectivity index (χ3n) is 3.42. The molecule has 1 aliphatic heterocycles. The Bertz CT molecular complexity index is 430. The summed E-state index contributed by atoms with van der Waals surface area (Å²) < 4.78 is 5.79. The first-order valence-corrected chi connectivity index (χ1v) is 7.30. The molecule has 0 bridgehead atoms. The molecule has 1 heterocycles. The Morgan fingerprint density at radius 3 is 2.63 bits per heavy atom. The summed E-state index contributed by atoms with van der Waals surface area (Å²) >= 11 is 6.07. The molecule has 2 rings (SSSR count). The van der Waals surface area contributed by atoms with E-state index in [1.54, 1.807) is 12.1 Å². The second-order valence-corrected chi connectivity index (χ2v) is 5.24. The van der Waals surface area contributed by atoms with Crippen molar-refractivity contribution in [1.82, 2.24) is 4.90 Å². The monoisotopic (exact) mass is 281 g/mol. The molecule has 104 valence electrons. The van der Waals surface area contributed by atoms with Crippen LogP contribution in [-0.4, -0.2) is 30.0 Å². The van der Waals surface area contributed by atoms with Crippen molar-refractivity contribution in [2.45, 2.75) is 38.7 Å². The first-order valence-electron chi connectivity index (χ1n) is 6.92. The van der Waals surface area contributed by atoms with Gasteiger partial charge in [0, 0.05) is 13.1 Å². The van der Waals surface area contributed by atoms with Crippen LogP contribution >= 0.6 is 11.6 Å². The van der Waals surface area contributed by atoms with Crippen molar-refractivity contribution >= 4 is 17.5 Å². The second-order valence-electron chi connectivity index (χ2n) is 4.83. The highest BCUT2D eigenvalue weighted by molar-refractivity contribution is 6.32. The van der Waals surface area contributed by atoms with Gasteiger partial charge in [-0.15, -0.1) is 0 Å². The number of carbonyl (C=O) groups is 1. The van der Waals surface area contributed by atoms with Crippen LogP contribution in [0.2, 0.25) is 5.02 Å². The quantitative estimate of drug-likeness (QED) is 0.845. The number of halogens is 1. The minimum absolute atomic E-state index is 0.0853. The lowest BCUT2D eigenvalue weighted by molar-refractivity contribution is -0.139. The number of para-hydroxylation sites is 1. The molecule has 0 saturated carbocycles. The van der Waals surface area contributed by atoms with E-state index in [-0.39, 0.29) is 5.91 Å². The lowest BCUT2D eigenvalue weighted by Crippen LogP contribution is -2.44. The van der Waals surface area contributed by atoms with Gasteiger partial charge in [0.25, 0.3) is 5.91 Å². The second kappa shape index (κ2) is 6.80. The number of hydrogen-bond acceptors (Lipinski definition) is 2. The van der Waals surface area contributed by atoms with Crippen molar-refractivity contribution in [1.29, 1.82) is 0 Å². The molecule has 1 unspecified atom stereocenters. The molecule has 1 aromatic carbocycles. The van der Waals surface area contributed by atoms with E-state index in [2.05, 4.69) is 0 Å². The maximum absolute atomic E-state index is 12.4. The van der Waals surface area contributed by atoms with Crippen LogP contribution in [0.25, 0.3) is 0 Å². The fraction of sp³-hybridized carbons (Fsp3) is 0.533. The van der Waals surface area contributed by atoms with E-state index in [0.717, 1.165) is 25.9 Å². The normalized spacial score (nSPS) is 17.1. The zero-order valence-corrected chi connectivity index (χ0v) is 12.0. The fourth-order valence-corrected chi connectivity index (χ4v) is 2.50. The van der Waals surface area contributed by atoms with Gasteiger partial charge >= 0.3 is 0 Å². The third kappa shape index (κ3) is 3.63. The molecule has 0 spiro atoms. The third-order valence-corrected chi connectivity index (χ3v) is 3.73. The van der Waals surface area contributed by atoms with Crippen LogP contribution in [0.3, 0.4) is 0 Å². The molecule has 0 aliphatic carbocycles. The predicted octanol–water partition coefficient (Wildman–Crippen LogP) is 3.51. The molecule has 1 atom stereocenters. The van der Waals surface area contributed by atoms with Crippen LogP contribution < -0.4 is 4.74 Å². The number of piperidine rings is 1. The Labute approximate surface area is 119 Å². The molecule has 0 radical (unpaired) electrons. The summed E-state index contributed by atoms with van der Waals surface area (Å²) in [5.74, 6) is 0.670. The van der Waals surface area contributed by atoms with E-state index >= 15 is 0 Å². The number of likely N-dealkylation sites (tertiary alicyclic amines) is 1. The number of rotatable bonds is 4. The van der Waals surface area contributed by atoms with Gasteiger partial charge in [-0.3, -0.25) is 4.79 Å². The summed E-state index contributed by atoms with van der Waals surface area (Å²) in [5.41, 5.74) is 0. The van der Waals surface area contributed by atoms with Crippen LogP contribution in [-0.2, 0) is 4.79 Å². The highest BCUT2D eigenvalue weighted by Gasteiger charge is 2.26. The molecular weight excluding hydrogens is 262 g/mol. The van der Waals surface area contributed by atoms with Crippen molar-refractivity contribution in [2.24, 2.45) is 0 Å². The van der Waals surface area contributed by atoms with Gasteiger partial charge in [-0.2, -0.15) is 0 Å². The molecule has 19 heavy (non-hydrogen) atoms. The first kappa shape index (κ1) is 14.2. The van der Waals surface area contributed by atoms with Crippen molar-refractivity contribution in [3.05, 3.63) is 29.3 Å². The molecule has 1 amide bonds. The van der Waals surface area contributed by atoms with Gasteiger partial charge in [0.15, 0.2) is 6.10 Å². The Balaban J connectivity index is 2.03. The van der Waals surface area contributed by atoms with Gasteiger partial charge in [-0.1, -0.05) is 30.7 Å². The topological polar surface area (TPSA) is 29.5 Å². The minimum atomic E-state index is -0.432. The van der Waals surface area contributed by atoms with Crippen LogP contribution in [0, 0.1) is 0 Å². The summed E-state index contributed by atoms with van der Waals surface area (Å²) in [6.07, 6.45) is 3.62. The fourth-order valence-electron chi connectivity index (χ4n) is 2.32. The summed E-state index contributed by atoms with van der Waals surface area (Å²) in [6, 6.07) is 7.28.